The normalized spacial score (nSPS) is 14.3. The quantitative estimate of drug-likeness (QED) is 0.0171. The van der Waals surface area contributed by atoms with Gasteiger partial charge in [-0.05, 0) is 167 Å². The van der Waals surface area contributed by atoms with E-state index in [9.17, 15) is 9.59 Å². The van der Waals surface area contributed by atoms with E-state index in [0.717, 1.165) is 69.8 Å². The Morgan fingerprint density at radius 1 is 0.781 bits per heavy atom. The maximum atomic E-state index is 10.3. The smallest absolute Gasteiger partial charge is 0.333 e. The molecule has 6 aliphatic heterocycles. The number of esters is 1. The van der Waals surface area contributed by atoms with Crippen LogP contribution in [0.15, 0.2) is 217 Å². The second-order valence-corrected chi connectivity index (χ2v) is 20.8. The number of epoxide rings is 1. The molecule has 1 aliphatic carbocycles. The number of fused-ring (bicyclic) bond motifs is 1. The summed E-state index contributed by atoms with van der Waals surface area (Å²) in [7, 11) is 9.24. The number of carbonyl (C=O) groups is 2. The van der Waals surface area contributed by atoms with E-state index in [2.05, 4.69) is 185 Å². The summed E-state index contributed by atoms with van der Waals surface area (Å²) in [4.78, 5) is 29.0. The number of terminal acetylenes is 1. The number of allylic oxidation sites excluding steroid dienone is 9. The highest BCUT2D eigenvalue weighted by Crippen LogP contribution is 2.21. The van der Waals surface area contributed by atoms with Gasteiger partial charge in [-0.15, -0.1) is 58.4 Å². The average Bonchev–Trinajstić information content (AvgIpc) is 1.69. The van der Waals surface area contributed by atoms with E-state index in [0.29, 0.717) is 24.7 Å². The van der Waals surface area contributed by atoms with Gasteiger partial charge in [0.25, 0.3) is 0 Å². The van der Waals surface area contributed by atoms with Crippen LogP contribution in [0, 0.1) is 30.1 Å². The van der Waals surface area contributed by atoms with Crippen molar-refractivity contribution in [1.29, 1.82) is 0 Å². The summed E-state index contributed by atoms with van der Waals surface area (Å²) in [5.41, 5.74) is 12.3. The van der Waals surface area contributed by atoms with E-state index >= 15 is 0 Å². The lowest BCUT2D eigenvalue weighted by atomic mass is 9.89. The molecule has 13 nitrogen and oxygen atoms in total. The molecule has 96 heavy (non-hydrogen) atoms. The summed E-state index contributed by atoms with van der Waals surface area (Å²) < 4.78 is 23.3. The number of azide groups is 1. The summed E-state index contributed by atoms with van der Waals surface area (Å²) in [6, 6.07) is 18.7. The topological polar surface area (TPSA) is 142 Å². The van der Waals surface area contributed by atoms with Gasteiger partial charge in [0, 0.05) is 56.2 Å². The third-order valence-electron chi connectivity index (χ3n) is 11.4. The molecule has 2 unspecified atom stereocenters. The zero-order valence-electron chi connectivity index (χ0n) is 64.6. The minimum absolute atomic E-state index is 0.0185. The van der Waals surface area contributed by atoms with Gasteiger partial charge in [-0.1, -0.05) is 201 Å². The summed E-state index contributed by atoms with van der Waals surface area (Å²) in [5, 5.41) is 2.92. The number of ketones is 1. The van der Waals surface area contributed by atoms with Gasteiger partial charge in [-0.25, -0.2) is 4.79 Å². The fourth-order valence-corrected chi connectivity index (χ4v) is 4.96. The largest absolute Gasteiger partial charge is 0.505 e. The molecule has 0 spiro atoms. The van der Waals surface area contributed by atoms with Gasteiger partial charge in [0.2, 0.25) is 0 Å². The van der Waals surface area contributed by atoms with Gasteiger partial charge < -0.3 is 33.5 Å². The molecule has 9 rings (SSSR count). The number of ether oxygens (including phenoxy) is 5. The monoisotopic (exact) mass is 1340 g/mol. The Kier molecular flexibility index (Phi) is 110. The van der Waals surface area contributed by atoms with Crippen molar-refractivity contribution in [2.24, 2.45) is 22.9 Å². The van der Waals surface area contributed by atoms with Gasteiger partial charge in [0.1, 0.15) is 6.61 Å². The molecule has 5 fully saturated rings. The summed E-state index contributed by atoms with van der Waals surface area (Å²) in [5.74, 6) is 4.12. The van der Waals surface area contributed by atoms with Crippen molar-refractivity contribution >= 4 is 17.8 Å². The number of methoxy groups -OCH3 is 1. The Hall–Kier alpha value is -7.37. The van der Waals surface area contributed by atoms with Crippen LogP contribution < -0.4 is 0 Å². The lowest BCUT2D eigenvalue weighted by Crippen LogP contribution is -2.32. The Balaban J connectivity index is -0.000000103. The second-order valence-electron chi connectivity index (χ2n) is 20.8. The number of hydrogen-bond donors (Lipinski definition) is 0. The molecule has 2 atom stereocenters. The van der Waals surface area contributed by atoms with E-state index in [1.807, 2.05) is 141 Å². The van der Waals surface area contributed by atoms with Crippen LogP contribution >= 0.6 is 0 Å². The van der Waals surface area contributed by atoms with Crippen molar-refractivity contribution in [2.45, 2.75) is 148 Å². The first-order chi connectivity index (χ1) is 45.9. The average molecular weight is 1340 g/mol. The Labute approximate surface area is 592 Å². The fraction of sp³-hybridized carbons (Fsp3) is 0.494. The highest BCUT2D eigenvalue weighted by atomic mass is 16.6. The van der Waals surface area contributed by atoms with Gasteiger partial charge in [-0.2, -0.15) is 0 Å². The second kappa shape index (κ2) is 96.3. The maximum absolute atomic E-state index is 10.3. The summed E-state index contributed by atoms with van der Waals surface area (Å²) in [6.07, 6.45) is 38.2. The Morgan fingerprint density at radius 3 is 1.24 bits per heavy atom. The van der Waals surface area contributed by atoms with Crippen LogP contribution in [0.4, 0.5) is 0 Å². The van der Waals surface area contributed by atoms with Crippen LogP contribution in [-0.2, 0) is 46.1 Å². The fourth-order valence-electron chi connectivity index (χ4n) is 4.96. The number of rotatable bonds is 14. The molecule has 5 saturated heterocycles. The number of carbonyl (C=O) groups excluding carboxylic acids is 2. The lowest BCUT2D eigenvalue weighted by Gasteiger charge is -2.24. The van der Waals surface area contributed by atoms with Crippen LogP contribution in [0.1, 0.15) is 139 Å². The third kappa shape index (κ3) is 114. The zero-order valence-corrected chi connectivity index (χ0v) is 64.6. The van der Waals surface area contributed by atoms with E-state index in [4.69, 9.17) is 19.7 Å². The minimum atomic E-state index is -0.181. The van der Waals surface area contributed by atoms with E-state index in [-0.39, 0.29) is 11.8 Å². The van der Waals surface area contributed by atoms with Crippen LogP contribution in [-0.4, -0.2) is 146 Å². The van der Waals surface area contributed by atoms with Gasteiger partial charge in [-0.3, -0.25) is 9.69 Å². The first-order valence-electron chi connectivity index (χ1n) is 33.5. The number of benzene rings is 2. The molecule has 7 aliphatic rings. The minimum Gasteiger partial charge on any atom is -0.505 e. The predicted molar refractivity (Wildman–Crippen MR) is 428 cm³/mol. The Bertz CT molecular complexity index is 2150. The number of likely N-dealkylation sites (tertiary alicyclic amines) is 1. The Morgan fingerprint density at radius 2 is 1.14 bits per heavy atom. The maximum Gasteiger partial charge on any atom is 0.333 e. The van der Waals surface area contributed by atoms with Crippen LogP contribution in [0.2, 0.25) is 0 Å². The van der Waals surface area contributed by atoms with Crippen LogP contribution in [0.3, 0.4) is 0 Å². The van der Waals surface area contributed by atoms with Crippen molar-refractivity contribution in [3.05, 3.63) is 239 Å². The molecule has 0 saturated carbocycles. The highest BCUT2D eigenvalue weighted by Gasteiger charge is 2.13. The molecular weight excluding hydrogens is 1190 g/mol. The standard InChI is InChI=1S/2C8H8.C8H14.C7H13N.C6H10.C5H6O2.C5H8.C4H9N.2C4H8O.C4H6O.C3H7N.2C3H6O.C3H6.C3H4.2C2H6.CH3N3/c1-2-4-8-6-5-7(8)3-1;1-2-8-6-4-3-5-7-8;2*1-4-6-8(3)7-5-2;1-4-6(3)5-2;1-4-2-3-7-5(4)6;1-3-5-4-2;1-5-3-2-4-5;1-4-2-5-3-4;1-4-2-3-5-4;1-3-4(2)5;1-4-2-3-4;1-3-2-4-3;1-3-4-2;2*1-3-2;2*1-2;1-3-4-2/h1-4H,5-6H2;2-7H,1H2;4-5,8H,1-2,6-7H2,3H3;4-5H,1-2,6-7H2,3H3;4-6H,1-2H2,3H3;2H,3H2,1H3;3-5H,1H2,2H3;2-4H2,1H3;2*4H,2-3H2,1H3;3H,1H2,2H3;2-3H2,1H3;3H,2H2,1H3;3H,1H2,2H3;3H,1H2,2H3;1H,2H3;2*1-2H3;1H3. The molecule has 2 aromatic carbocycles. The van der Waals surface area contributed by atoms with Crippen molar-refractivity contribution in [1.82, 2.24) is 14.7 Å². The number of cyclic esters (lactones) is 1. The van der Waals surface area contributed by atoms with E-state index in [1.54, 1.807) is 50.3 Å². The molecule has 13 heteroatoms. The molecule has 0 amide bonds. The number of nitrogens with zero attached hydrogens (tertiary/aromatic N) is 6. The highest BCUT2D eigenvalue weighted by molar-refractivity contribution is 5.89. The number of aryl methyl sites for hydroxylation is 2. The van der Waals surface area contributed by atoms with Crippen LogP contribution in [0.5, 0.6) is 0 Å². The molecule has 6 heterocycles. The van der Waals surface area contributed by atoms with Gasteiger partial charge in [0.15, 0.2) is 5.78 Å². The SMILES string of the molecule is C#CC.C=CC.C=CC(C)=O.C=CC(C)C=C.C=CC=CC.C=CCC(C)CC=C.C=CCN(C)CC=C.C=COC.C=Cc1ccccc1.CC.CC.CC1=CCOC1=O.CC1CCO1.CC1CO1.CC1COC1.CN1CC1.CN1CCC1.CN=[N+]=[N-].c1ccc2c(c1)CC2. The molecule has 2 aromatic rings. The van der Waals surface area contributed by atoms with Gasteiger partial charge >= 0.3 is 5.97 Å². The summed E-state index contributed by atoms with van der Waals surface area (Å²) in [6.45, 7) is 77.4. The molecule has 546 valence electrons. The lowest BCUT2D eigenvalue weighted by molar-refractivity contribution is -0.135. The third-order valence-corrected chi connectivity index (χ3v) is 11.4. The molecule has 0 radical (unpaired) electrons. The predicted octanol–water partition coefficient (Wildman–Crippen LogP) is 20.9. The summed E-state index contributed by atoms with van der Waals surface area (Å²) >= 11 is 0. The van der Waals surface area contributed by atoms with Crippen molar-refractivity contribution in [2.75, 3.05) is 108 Å². The molecule has 0 aromatic heterocycles. The van der Waals surface area contributed by atoms with Crippen molar-refractivity contribution in [3.63, 3.8) is 0 Å². The number of likely N-dealkylation sites (N-methyl/N-ethyl adjacent to an activating group) is 2. The zero-order chi connectivity index (χ0) is 76.0. The van der Waals surface area contributed by atoms with E-state index < -0.39 is 0 Å². The molecule has 0 bridgehead atoms. The first-order valence-corrected chi connectivity index (χ1v) is 33.5. The van der Waals surface area contributed by atoms with E-state index in [1.165, 1.54) is 83.7 Å². The van der Waals surface area contributed by atoms with Gasteiger partial charge in [0.05, 0.1) is 45.4 Å². The molecule has 0 N–H and O–H groups in total. The van der Waals surface area contributed by atoms with Crippen molar-refractivity contribution < 1.29 is 33.3 Å². The number of hydrogen-bond acceptors (Lipinski definition) is 11. The van der Waals surface area contributed by atoms with Crippen molar-refractivity contribution in [3.8, 4) is 12.3 Å². The van der Waals surface area contributed by atoms with Crippen LogP contribution in [0.25, 0.3) is 16.5 Å². The molecular formula is C83H142N6O7. The first kappa shape index (κ1) is 110.